The summed E-state index contributed by atoms with van der Waals surface area (Å²) >= 11 is 6.05. The molecular weight excluding hydrogens is 508 g/mol. The molecule has 1 heterocycles. The standard InChI is InChI=1S/C29H27ClN2O6/c1-3-14-37-23-11-9-22(10-12-23)32-28(34)24(27(33)31-29(32)35)16-19-8-13-25(26(17-19)36-4-2)38-18-20-6-5-7-21(30)15-20/h5-13,15-17H,3-4,14,18H2,1-2H3,(H,31,33,35)/b24-16-. The summed E-state index contributed by atoms with van der Waals surface area (Å²) in [6.07, 6.45) is 2.27. The third-order valence-electron chi connectivity index (χ3n) is 5.53. The van der Waals surface area contributed by atoms with Gasteiger partial charge in [0.25, 0.3) is 11.8 Å². The van der Waals surface area contributed by atoms with E-state index in [1.54, 1.807) is 48.5 Å². The van der Waals surface area contributed by atoms with E-state index in [-0.39, 0.29) is 12.2 Å². The lowest BCUT2D eigenvalue weighted by Gasteiger charge is -2.26. The minimum Gasteiger partial charge on any atom is -0.494 e. The Kier molecular flexibility index (Phi) is 8.66. The van der Waals surface area contributed by atoms with Gasteiger partial charge in [0.05, 0.1) is 18.9 Å². The quantitative estimate of drug-likeness (QED) is 0.262. The first-order chi connectivity index (χ1) is 18.4. The third kappa shape index (κ3) is 6.33. The van der Waals surface area contributed by atoms with Crippen LogP contribution < -0.4 is 24.4 Å². The fourth-order valence-corrected chi connectivity index (χ4v) is 3.97. The number of nitrogens with zero attached hydrogens (tertiary/aromatic N) is 1. The Morgan fingerprint density at radius 1 is 0.895 bits per heavy atom. The molecule has 0 unspecified atom stereocenters. The Morgan fingerprint density at radius 3 is 2.39 bits per heavy atom. The van der Waals surface area contributed by atoms with Crippen molar-refractivity contribution in [3.8, 4) is 17.2 Å². The van der Waals surface area contributed by atoms with E-state index in [9.17, 15) is 14.4 Å². The highest BCUT2D eigenvalue weighted by Crippen LogP contribution is 2.31. The SMILES string of the molecule is CCCOc1ccc(N2C(=O)NC(=O)/C(=C/c3ccc(OCc4cccc(Cl)c4)c(OCC)c3)C2=O)cc1. The normalized spacial score (nSPS) is 14.4. The van der Waals surface area contributed by atoms with Crippen LogP contribution in [0.1, 0.15) is 31.4 Å². The zero-order valence-electron chi connectivity index (χ0n) is 21.0. The van der Waals surface area contributed by atoms with Gasteiger partial charge in [-0.05, 0) is 79.1 Å². The molecule has 3 aromatic carbocycles. The Morgan fingerprint density at radius 2 is 1.68 bits per heavy atom. The van der Waals surface area contributed by atoms with Crippen LogP contribution in [-0.2, 0) is 16.2 Å². The number of ether oxygens (including phenoxy) is 3. The van der Waals surface area contributed by atoms with Crippen LogP contribution in [-0.4, -0.2) is 31.1 Å². The summed E-state index contributed by atoms with van der Waals surface area (Å²) in [5, 5.41) is 2.85. The van der Waals surface area contributed by atoms with E-state index in [0.29, 0.717) is 46.7 Å². The molecule has 0 spiro atoms. The molecular formula is C29H27ClN2O6. The second-order valence-corrected chi connectivity index (χ2v) is 8.79. The third-order valence-corrected chi connectivity index (χ3v) is 5.77. The van der Waals surface area contributed by atoms with Gasteiger partial charge in [-0.2, -0.15) is 0 Å². The lowest BCUT2D eigenvalue weighted by Crippen LogP contribution is -2.54. The monoisotopic (exact) mass is 534 g/mol. The smallest absolute Gasteiger partial charge is 0.335 e. The van der Waals surface area contributed by atoms with E-state index in [2.05, 4.69) is 5.32 Å². The molecule has 0 bridgehead atoms. The molecule has 1 saturated heterocycles. The molecule has 8 nitrogen and oxygen atoms in total. The number of nitrogens with one attached hydrogen (secondary N) is 1. The molecule has 4 rings (SSSR count). The van der Waals surface area contributed by atoms with Crippen molar-refractivity contribution in [2.45, 2.75) is 26.9 Å². The van der Waals surface area contributed by atoms with E-state index in [4.69, 9.17) is 25.8 Å². The molecule has 38 heavy (non-hydrogen) atoms. The van der Waals surface area contributed by atoms with Gasteiger partial charge < -0.3 is 14.2 Å². The van der Waals surface area contributed by atoms with Crippen molar-refractivity contribution < 1.29 is 28.6 Å². The van der Waals surface area contributed by atoms with Gasteiger partial charge >= 0.3 is 6.03 Å². The molecule has 0 atom stereocenters. The van der Waals surface area contributed by atoms with Crippen molar-refractivity contribution in [2.75, 3.05) is 18.1 Å². The van der Waals surface area contributed by atoms with Gasteiger partial charge in [-0.25, -0.2) is 9.69 Å². The predicted octanol–water partition coefficient (Wildman–Crippen LogP) is 5.77. The highest BCUT2D eigenvalue weighted by atomic mass is 35.5. The second kappa shape index (κ2) is 12.3. The summed E-state index contributed by atoms with van der Waals surface area (Å²) in [6, 6.07) is 18.1. The summed E-state index contributed by atoms with van der Waals surface area (Å²) in [6.45, 7) is 5.05. The Balaban J connectivity index is 1.57. The predicted molar refractivity (Wildman–Crippen MR) is 145 cm³/mol. The Bertz CT molecular complexity index is 1370. The first-order valence-corrected chi connectivity index (χ1v) is 12.6. The number of hydrogen-bond donors (Lipinski definition) is 1. The maximum Gasteiger partial charge on any atom is 0.335 e. The summed E-state index contributed by atoms with van der Waals surface area (Å²) in [5.74, 6) is 0.0470. The number of barbiturate groups is 1. The number of carbonyl (C=O) groups is 3. The average Bonchev–Trinajstić information content (AvgIpc) is 2.90. The topological polar surface area (TPSA) is 94.2 Å². The van der Waals surface area contributed by atoms with Crippen LogP contribution in [0, 0.1) is 0 Å². The van der Waals surface area contributed by atoms with Crippen molar-refractivity contribution in [1.29, 1.82) is 0 Å². The van der Waals surface area contributed by atoms with E-state index >= 15 is 0 Å². The number of halogens is 1. The van der Waals surface area contributed by atoms with Gasteiger partial charge in [0, 0.05) is 5.02 Å². The number of urea groups is 1. The van der Waals surface area contributed by atoms with Crippen LogP contribution in [0.25, 0.3) is 6.08 Å². The Labute approximate surface area is 225 Å². The number of imide groups is 2. The molecule has 1 fully saturated rings. The summed E-state index contributed by atoms with van der Waals surface area (Å²) in [7, 11) is 0. The highest BCUT2D eigenvalue weighted by Gasteiger charge is 2.36. The number of hydrogen-bond acceptors (Lipinski definition) is 6. The van der Waals surface area contributed by atoms with Crippen molar-refractivity contribution >= 4 is 41.2 Å². The molecule has 1 aliphatic rings. The number of amides is 4. The zero-order chi connectivity index (χ0) is 27.1. The van der Waals surface area contributed by atoms with Gasteiger partial charge in [-0.1, -0.05) is 36.7 Å². The molecule has 0 saturated carbocycles. The van der Waals surface area contributed by atoms with E-state index in [1.165, 1.54) is 6.08 Å². The fourth-order valence-electron chi connectivity index (χ4n) is 3.76. The van der Waals surface area contributed by atoms with Crippen molar-refractivity contribution in [3.05, 3.63) is 88.5 Å². The van der Waals surface area contributed by atoms with Gasteiger partial charge in [-0.15, -0.1) is 0 Å². The van der Waals surface area contributed by atoms with Gasteiger partial charge in [0.1, 0.15) is 17.9 Å². The van der Waals surface area contributed by atoms with E-state index < -0.39 is 17.8 Å². The molecule has 9 heteroatoms. The highest BCUT2D eigenvalue weighted by molar-refractivity contribution is 6.39. The van der Waals surface area contributed by atoms with Crippen LogP contribution in [0.4, 0.5) is 10.5 Å². The van der Waals surface area contributed by atoms with Gasteiger partial charge in [0.2, 0.25) is 0 Å². The van der Waals surface area contributed by atoms with E-state index in [0.717, 1.165) is 16.9 Å². The fraction of sp³-hybridized carbons (Fsp3) is 0.207. The first kappa shape index (κ1) is 26.8. The second-order valence-electron chi connectivity index (χ2n) is 8.36. The van der Waals surface area contributed by atoms with Crippen LogP contribution in [0.15, 0.2) is 72.3 Å². The molecule has 0 radical (unpaired) electrons. The summed E-state index contributed by atoms with van der Waals surface area (Å²) in [4.78, 5) is 39.3. The number of benzene rings is 3. The van der Waals surface area contributed by atoms with Crippen molar-refractivity contribution in [1.82, 2.24) is 5.32 Å². The molecule has 0 aromatic heterocycles. The lowest BCUT2D eigenvalue weighted by atomic mass is 10.1. The molecule has 1 N–H and O–H groups in total. The molecule has 1 aliphatic heterocycles. The minimum absolute atomic E-state index is 0.189. The molecule has 0 aliphatic carbocycles. The first-order valence-electron chi connectivity index (χ1n) is 12.2. The molecule has 4 amide bonds. The molecule has 196 valence electrons. The lowest BCUT2D eigenvalue weighted by molar-refractivity contribution is -0.122. The van der Waals surface area contributed by atoms with Gasteiger partial charge in [-0.3, -0.25) is 14.9 Å². The van der Waals surface area contributed by atoms with Crippen LogP contribution in [0.3, 0.4) is 0 Å². The average molecular weight is 535 g/mol. The summed E-state index contributed by atoms with van der Waals surface area (Å²) < 4.78 is 17.2. The van der Waals surface area contributed by atoms with E-state index in [1.807, 2.05) is 32.0 Å². The van der Waals surface area contributed by atoms with Crippen LogP contribution in [0.2, 0.25) is 5.02 Å². The molecule has 3 aromatic rings. The van der Waals surface area contributed by atoms with Crippen molar-refractivity contribution in [2.24, 2.45) is 0 Å². The Hall–Kier alpha value is -4.30. The van der Waals surface area contributed by atoms with Gasteiger partial charge in [0.15, 0.2) is 11.5 Å². The maximum atomic E-state index is 13.3. The van der Waals surface area contributed by atoms with Crippen LogP contribution in [0.5, 0.6) is 17.2 Å². The largest absolute Gasteiger partial charge is 0.494 e. The number of anilines is 1. The summed E-state index contributed by atoms with van der Waals surface area (Å²) in [5.41, 5.74) is 1.55. The van der Waals surface area contributed by atoms with Crippen LogP contribution >= 0.6 is 11.6 Å². The number of rotatable bonds is 10. The number of carbonyl (C=O) groups excluding carboxylic acids is 3. The minimum atomic E-state index is -0.820. The van der Waals surface area contributed by atoms with Crippen molar-refractivity contribution in [3.63, 3.8) is 0 Å². The maximum absolute atomic E-state index is 13.3. The zero-order valence-corrected chi connectivity index (χ0v) is 21.8.